The predicted molar refractivity (Wildman–Crippen MR) is 54.1 cm³/mol. The highest BCUT2D eigenvalue weighted by molar-refractivity contribution is 5.30. The standard InChI is InChI=1S/C11H16FNO/c1-7(2)11(13)10-5-9(12)4-3-8(10)6-14/h3-5,7,11,14H,6,13H2,1-2H3/t11-/m1/s1. The fraction of sp³-hybridized carbons (Fsp3) is 0.455. The molecule has 0 bridgehead atoms. The van der Waals surface area contributed by atoms with Crippen LogP contribution in [0.2, 0.25) is 0 Å². The van der Waals surface area contributed by atoms with Crippen molar-refractivity contribution < 1.29 is 9.50 Å². The molecular formula is C11H16FNO. The molecule has 0 aliphatic rings. The summed E-state index contributed by atoms with van der Waals surface area (Å²) in [5.41, 5.74) is 7.30. The number of aliphatic hydroxyl groups is 1. The van der Waals surface area contributed by atoms with Gasteiger partial charge in [-0.2, -0.15) is 0 Å². The average molecular weight is 197 g/mol. The Morgan fingerprint density at radius 1 is 1.43 bits per heavy atom. The number of benzene rings is 1. The number of nitrogens with two attached hydrogens (primary N) is 1. The maximum Gasteiger partial charge on any atom is 0.123 e. The highest BCUT2D eigenvalue weighted by atomic mass is 19.1. The highest BCUT2D eigenvalue weighted by Crippen LogP contribution is 2.23. The molecule has 3 heteroatoms. The fourth-order valence-electron chi connectivity index (χ4n) is 1.38. The normalized spacial score (nSPS) is 13.3. The average Bonchev–Trinajstić information content (AvgIpc) is 2.16. The fourth-order valence-corrected chi connectivity index (χ4v) is 1.38. The van der Waals surface area contributed by atoms with E-state index in [0.29, 0.717) is 11.1 Å². The van der Waals surface area contributed by atoms with Gasteiger partial charge in [0, 0.05) is 6.04 Å². The molecule has 0 amide bonds. The monoisotopic (exact) mass is 197 g/mol. The molecule has 0 fully saturated rings. The molecule has 0 spiro atoms. The van der Waals surface area contributed by atoms with Crippen molar-refractivity contribution in [1.29, 1.82) is 0 Å². The summed E-state index contributed by atoms with van der Waals surface area (Å²) in [7, 11) is 0. The molecule has 78 valence electrons. The van der Waals surface area contributed by atoms with Gasteiger partial charge in [0.05, 0.1) is 6.61 Å². The summed E-state index contributed by atoms with van der Waals surface area (Å²) in [6, 6.07) is 4.08. The first-order chi connectivity index (χ1) is 6.56. The summed E-state index contributed by atoms with van der Waals surface area (Å²) in [5.74, 6) is -0.0876. The number of halogens is 1. The minimum atomic E-state index is -0.312. The molecule has 0 saturated carbocycles. The Bertz CT molecular complexity index is 312. The van der Waals surface area contributed by atoms with E-state index in [9.17, 15) is 4.39 Å². The van der Waals surface area contributed by atoms with Crippen molar-refractivity contribution in [2.24, 2.45) is 11.7 Å². The van der Waals surface area contributed by atoms with Gasteiger partial charge < -0.3 is 10.8 Å². The van der Waals surface area contributed by atoms with Crippen LogP contribution in [0.4, 0.5) is 4.39 Å². The van der Waals surface area contributed by atoms with Crippen molar-refractivity contribution in [3.05, 3.63) is 35.1 Å². The maximum absolute atomic E-state index is 13.0. The highest BCUT2D eigenvalue weighted by Gasteiger charge is 2.14. The molecule has 1 atom stereocenters. The zero-order valence-electron chi connectivity index (χ0n) is 8.50. The first-order valence-corrected chi connectivity index (χ1v) is 4.71. The van der Waals surface area contributed by atoms with Crippen LogP contribution in [-0.4, -0.2) is 5.11 Å². The van der Waals surface area contributed by atoms with Gasteiger partial charge in [-0.15, -0.1) is 0 Å². The van der Waals surface area contributed by atoms with E-state index in [1.54, 1.807) is 6.07 Å². The van der Waals surface area contributed by atoms with Crippen LogP contribution < -0.4 is 5.73 Å². The van der Waals surface area contributed by atoms with Crippen LogP contribution in [0.15, 0.2) is 18.2 Å². The molecule has 0 heterocycles. The predicted octanol–water partition coefficient (Wildman–Crippen LogP) is 1.97. The maximum atomic E-state index is 13.0. The molecule has 14 heavy (non-hydrogen) atoms. The largest absolute Gasteiger partial charge is 0.392 e. The van der Waals surface area contributed by atoms with Crippen molar-refractivity contribution >= 4 is 0 Å². The van der Waals surface area contributed by atoms with Crippen molar-refractivity contribution in [3.8, 4) is 0 Å². The molecule has 2 nitrogen and oxygen atoms in total. The summed E-state index contributed by atoms with van der Waals surface area (Å²) in [5, 5.41) is 9.06. The van der Waals surface area contributed by atoms with E-state index in [1.165, 1.54) is 12.1 Å². The second-order valence-corrected chi connectivity index (χ2v) is 3.77. The van der Waals surface area contributed by atoms with E-state index in [1.807, 2.05) is 13.8 Å². The smallest absolute Gasteiger partial charge is 0.123 e. The second kappa shape index (κ2) is 4.53. The molecule has 0 radical (unpaired) electrons. The molecule has 0 aromatic heterocycles. The molecular weight excluding hydrogens is 181 g/mol. The van der Waals surface area contributed by atoms with Crippen molar-refractivity contribution in [3.63, 3.8) is 0 Å². The van der Waals surface area contributed by atoms with Crippen molar-refractivity contribution in [2.45, 2.75) is 26.5 Å². The van der Waals surface area contributed by atoms with Crippen LogP contribution in [0.25, 0.3) is 0 Å². The van der Waals surface area contributed by atoms with Gasteiger partial charge >= 0.3 is 0 Å². The first-order valence-electron chi connectivity index (χ1n) is 4.71. The minimum absolute atomic E-state index is 0.101. The lowest BCUT2D eigenvalue weighted by atomic mass is 9.93. The van der Waals surface area contributed by atoms with Gasteiger partial charge in [-0.3, -0.25) is 0 Å². The SMILES string of the molecule is CC(C)[C@@H](N)c1cc(F)ccc1CO. The topological polar surface area (TPSA) is 46.2 Å². The quantitative estimate of drug-likeness (QED) is 0.778. The molecule has 0 unspecified atom stereocenters. The third-order valence-corrected chi connectivity index (χ3v) is 2.36. The van der Waals surface area contributed by atoms with E-state index in [-0.39, 0.29) is 24.4 Å². The number of hydrogen-bond acceptors (Lipinski definition) is 2. The Labute approximate surface area is 83.6 Å². The van der Waals surface area contributed by atoms with Crippen LogP contribution in [0, 0.1) is 11.7 Å². The van der Waals surface area contributed by atoms with Crippen LogP contribution in [0.5, 0.6) is 0 Å². The lowest BCUT2D eigenvalue weighted by molar-refractivity contribution is 0.278. The van der Waals surface area contributed by atoms with E-state index in [4.69, 9.17) is 10.8 Å². The molecule has 3 N–H and O–H groups in total. The minimum Gasteiger partial charge on any atom is -0.392 e. The molecule has 0 aliphatic carbocycles. The summed E-state index contributed by atoms with van der Waals surface area (Å²) in [4.78, 5) is 0. The Hall–Kier alpha value is -0.930. The summed E-state index contributed by atoms with van der Waals surface area (Å²) in [6.45, 7) is 3.84. The van der Waals surface area contributed by atoms with Gasteiger partial charge in [-0.25, -0.2) is 4.39 Å². The van der Waals surface area contributed by atoms with Crippen LogP contribution in [0.3, 0.4) is 0 Å². The third kappa shape index (κ3) is 2.30. The third-order valence-electron chi connectivity index (χ3n) is 2.36. The first kappa shape index (κ1) is 11.1. The molecule has 1 aromatic rings. The number of rotatable bonds is 3. The van der Waals surface area contributed by atoms with Crippen LogP contribution in [0.1, 0.15) is 31.0 Å². The molecule has 0 saturated heterocycles. The van der Waals surface area contributed by atoms with Gasteiger partial charge in [0.15, 0.2) is 0 Å². The lowest BCUT2D eigenvalue weighted by Crippen LogP contribution is -2.18. The Kier molecular flexibility index (Phi) is 3.61. The van der Waals surface area contributed by atoms with Gasteiger partial charge in [-0.05, 0) is 29.2 Å². The Balaban J connectivity index is 3.10. The summed E-state index contributed by atoms with van der Waals surface area (Å²) in [6.07, 6.45) is 0. The van der Waals surface area contributed by atoms with Crippen molar-refractivity contribution in [1.82, 2.24) is 0 Å². The zero-order valence-corrected chi connectivity index (χ0v) is 8.50. The van der Waals surface area contributed by atoms with E-state index in [2.05, 4.69) is 0 Å². The summed E-state index contributed by atoms with van der Waals surface area (Å²) >= 11 is 0. The van der Waals surface area contributed by atoms with E-state index < -0.39 is 0 Å². The second-order valence-electron chi connectivity index (χ2n) is 3.77. The lowest BCUT2D eigenvalue weighted by Gasteiger charge is -2.18. The molecule has 1 rings (SSSR count). The summed E-state index contributed by atoms with van der Waals surface area (Å²) < 4.78 is 13.0. The molecule has 1 aromatic carbocycles. The van der Waals surface area contributed by atoms with Gasteiger partial charge in [0.25, 0.3) is 0 Å². The van der Waals surface area contributed by atoms with Gasteiger partial charge in [-0.1, -0.05) is 19.9 Å². The number of aliphatic hydroxyl groups excluding tert-OH is 1. The Morgan fingerprint density at radius 3 is 2.57 bits per heavy atom. The molecule has 0 aliphatic heterocycles. The van der Waals surface area contributed by atoms with Crippen LogP contribution >= 0.6 is 0 Å². The van der Waals surface area contributed by atoms with Crippen molar-refractivity contribution in [2.75, 3.05) is 0 Å². The zero-order chi connectivity index (χ0) is 10.7. The van der Waals surface area contributed by atoms with Gasteiger partial charge in [0.1, 0.15) is 5.82 Å². The van der Waals surface area contributed by atoms with Gasteiger partial charge in [0.2, 0.25) is 0 Å². The number of hydrogen-bond donors (Lipinski definition) is 2. The van der Waals surface area contributed by atoms with E-state index in [0.717, 1.165) is 0 Å². The van der Waals surface area contributed by atoms with E-state index >= 15 is 0 Å². The Morgan fingerprint density at radius 2 is 2.07 bits per heavy atom. The van der Waals surface area contributed by atoms with Crippen LogP contribution in [-0.2, 0) is 6.61 Å².